The van der Waals surface area contributed by atoms with Crippen molar-refractivity contribution in [1.82, 2.24) is 4.90 Å². The molecule has 1 amide bonds. The van der Waals surface area contributed by atoms with Crippen molar-refractivity contribution >= 4 is 11.9 Å². The predicted molar refractivity (Wildman–Crippen MR) is 78.8 cm³/mol. The van der Waals surface area contributed by atoms with Crippen LogP contribution >= 0.6 is 0 Å². The molecule has 0 aromatic heterocycles. The Morgan fingerprint density at radius 1 is 1.25 bits per heavy atom. The van der Waals surface area contributed by atoms with Gasteiger partial charge >= 0.3 is 12.1 Å². The van der Waals surface area contributed by atoms with Gasteiger partial charge in [-0.15, -0.1) is 0 Å². The number of amides is 1. The van der Waals surface area contributed by atoms with Gasteiger partial charge in [0.25, 0.3) is 5.91 Å². The summed E-state index contributed by atoms with van der Waals surface area (Å²) in [5.41, 5.74) is -1.56. The Morgan fingerprint density at radius 3 is 2.50 bits per heavy atom. The van der Waals surface area contributed by atoms with Gasteiger partial charge in [0.05, 0.1) is 36.6 Å². The number of esters is 1. The summed E-state index contributed by atoms with van der Waals surface area (Å²) in [6, 6.07) is 6.25. The summed E-state index contributed by atoms with van der Waals surface area (Å²) in [7, 11) is 0. The van der Waals surface area contributed by atoms with Gasteiger partial charge in [-0.1, -0.05) is 12.1 Å². The number of hydrogen-bond acceptors (Lipinski definition) is 4. The second-order valence-electron chi connectivity index (χ2n) is 4.80. The number of nitrogens with zero attached hydrogens (tertiary/aromatic N) is 2. The highest BCUT2D eigenvalue weighted by atomic mass is 19.4. The first-order valence-corrected chi connectivity index (χ1v) is 7.29. The average Bonchev–Trinajstić information content (AvgIpc) is 2.54. The Bertz CT molecular complexity index is 624. The quantitative estimate of drug-likeness (QED) is 0.714. The number of rotatable bonds is 7. The summed E-state index contributed by atoms with van der Waals surface area (Å²) in [5.74, 6) is -1.43. The van der Waals surface area contributed by atoms with Crippen LogP contribution in [0.15, 0.2) is 24.3 Å². The number of hydrogen-bond donors (Lipinski definition) is 0. The average molecular weight is 342 g/mol. The van der Waals surface area contributed by atoms with Crippen molar-refractivity contribution in [3.05, 3.63) is 35.4 Å². The zero-order valence-electron chi connectivity index (χ0n) is 13.1. The molecule has 0 N–H and O–H groups in total. The molecule has 0 atom stereocenters. The molecular formula is C16H17F3N2O3. The molecule has 0 heterocycles. The van der Waals surface area contributed by atoms with E-state index in [-0.39, 0.29) is 32.5 Å². The van der Waals surface area contributed by atoms with E-state index < -0.39 is 29.2 Å². The molecule has 0 bridgehead atoms. The van der Waals surface area contributed by atoms with E-state index in [2.05, 4.69) is 0 Å². The fraction of sp³-hybridized carbons (Fsp3) is 0.438. The zero-order chi connectivity index (χ0) is 18.2. The van der Waals surface area contributed by atoms with E-state index in [0.717, 1.165) is 17.0 Å². The first-order valence-electron chi connectivity index (χ1n) is 7.29. The first kappa shape index (κ1) is 19.5. The molecule has 0 spiro atoms. The molecule has 0 aliphatic heterocycles. The molecule has 1 aromatic rings. The number of benzene rings is 1. The van der Waals surface area contributed by atoms with Crippen molar-refractivity contribution in [2.75, 3.05) is 19.7 Å². The first-order chi connectivity index (χ1) is 11.3. The van der Waals surface area contributed by atoms with Gasteiger partial charge in [0.2, 0.25) is 0 Å². The maximum atomic E-state index is 13.0. The lowest BCUT2D eigenvalue weighted by Gasteiger charge is -2.23. The molecule has 1 aromatic carbocycles. The minimum atomic E-state index is -4.67. The van der Waals surface area contributed by atoms with E-state index in [1.807, 2.05) is 6.07 Å². The van der Waals surface area contributed by atoms with Gasteiger partial charge in [0.15, 0.2) is 0 Å². The molecule has 0 unspecified atom stereocenters. The summed E-state index contributed by atoms with van der Waals surface area (Å²) in [6.45, 7) is 1.60. The van der Waals surface area contributed by atoms with E-state index in [4.69, 9.17) is 10.00 Å². The van der Waals surface area contributed by atoms with E-state index in [9.17, 15) is 22.8 Å². The van der Waals surface area contributed by atoms with Crippen molar-refractivity contribution in [3.8, 4) is 6.07 Å². The second kappa shape index (κ2) is 8.91. The number of ether oxygens (including phenoxy) is 1. The van der Waals surface area contributed by atoms with Crippen LogP contribution < -0.4 is 0 Å². The molecule has 5 nitrogen and oxygen atoms in total. The highest BCUT2D eigenvalue weighted by molar-refractivity contribution is 5.96. The number of alkyl halides is 3. The van der Waals surface area contributed by atoms with Gasteiger partial charge in [0, 0.05) is 13.1 Å². The molecule has 0 fully saturated rings. The van der Waals surface area contributed by atoms with Crippen molar-refractivity contribution in [2.45, 2.75) is 25.9 Å². The smallest absolute Gasteiger partial charge is 0.417 e. The van der Waals surface area contributed by atoms with Crippen LogP contribution in [0.1, 0.15) is 35.7 Å². The van der Waals surface area contributed by atoms with Crippen molar-refractivity contribution < 1.29 is 27.5 Å². The third-order valence-electron chi connectivity index (χ3n) is 3.13. The number of carbonyl (C=O) groups excluding carboxylic acids is 2. The fourth-order valence-electron chi connectivity index (χ4n) is 2.05. The SMILES string of the molecule is CCOC(=O)CCN(CCC#N)C(=O)c1ccccc1C(F)(F)F. The van der Waals surface area contributed by atoms with Crippen molar-refractivity contribution in [2.24, 2.45) is 0 Å². The third kappa shape index (κ3) is 5.57. The summed E-state index contributed by atoms with van der Waals surface area (Å²) in [6.07, 6.45) is -4.88. The highest BCUT2D eigenvalue weighted by Gasteiger charge is 2.35. The molecule has 24 heavy (non-hydrogen) atoms. The van der Waals surface area contributed by atoms with Crippen molar-refractivity contribution in [1.29, 1.82) is 5.26 Å². The second-order valence-corrected chi connectivity index (χ2v) is 4.80. The van der Waals surface area contributed by atoms with E-state index in [1.165, 1.54) is 12.1 Å². The normalized spacial score (nSPS) is 10.8. The zero-order valence-corrected chi connectivity index (χ0v) is 13.1. The Morgan fingerprint density at radius 2 is 1.92 bits per heavy atom. The van der Waals surface area contributed by atoms with Crippen LogP contribution in [0.25, 0.3) is 0 Å². The van der Waals surface area contributed by atoms with Gasteiger partial charge in [-0.2, -0.15) is 18.4 Å². The maximum Gasteiger partial charge on any atom is 0.417 e. The van der Waals surface area contributed by atoms with Gasteiger partial charge in [-0.3, -0.25) is 9.59 Å². The van der Waals surface area contributed by atoms with Crippen LogP contribution in [0.2, 0.25) is 0 Å². The van der Waals surface area contributed by atoms with Gasteiger partial charge in [-0.05, 0) is 19.1 Å². The molecule has 0 aliphatic rings. The molecule has 8 heteroatoms. The largest absolute Gasteiger partial charge is 0.466 e. The molecule has 0 radical (unpaired) electrons. The Balaban J connectivity index is 3.00. The minimum Gasteiger partial charge on any atom is -0.466 e. The Hall–Kier alpha value is -2.56. The molecule has 0 saturated heterocycles. The lowest BCUT2D eigenvalue weighted by molar-refractivity contribution is -0.143. The lowest BCUT2D eigenvalue weighted by atomic mass is 10.1. The van der Waals surface area contributed by atoms with E-state index in [1.54, 1.807) is 6.92 Å². The topological polar surface area (TPSA) is 70.4 Å². The minimum absolute atomic E-state index is 0.0528. The van der Waals surface area contributed by atoms with Crippen LogP contribution in [-0.2, 0) is 15.7 Å². The van der Waals surface area contributed by atoms with Gasteiger partial charge in [-0.25, -0.2) is 0 Å². The molecular weight excluding hydrogens is 325 g/mol. The summed E-state index contributed by atoms with van der Waals surface area (Å²) < 4.78 is 43.9. The molecule has 1 rings (SSSR count). The molecule has 130 valence electrons. The van der Waals surface area contributed by atoms with Crippen LogP contribution in [-0.4, -0.2) is 36.5 Å². The summed E-state index contributed by atoms with van der Waals surface area (Å²) in [4.78, 5) is 24.9. The fourth-order valence-corrected chi connectivity index (χ4v) is 2.05. The highest BCUT2D eigenvalue weighted by Crippen LogP contribution is 2.32. The van der Waals surface area contributed by atoms with Crippen LogP contribution in [0.3, 0.4) is 0 Å². The summed E-state index contributed by atoms with van der Waals surface area (Å²) >= 11 is 0. The standard InChI is InChI=1S/C16H17F3N2O3/c1-2-24-14(22)8-11-21(10-5-9-20)15(23)12-6-3-4-7-13(12)16(17,18)19/h3-4,6-7H,2,5,8,10-11H2,1H3. The molecule has 0 aliphatic carbocycles. The number of carbonyl (C=O) groups is 2. The predicted octanol–water partition coefficient (Wildman–Crippen LogP) is 3.01. The monoisotopic (exact) mass is 342 g/mol. The van der Waals surface area contributed by atoms with Crippen LogP contribution in [0.4, 0.5) is 13.2 Å². The maximum absolute atomic E-state index is 13.0. The molecule has 0 saturated carbocycles. The van der Waals surface area contributed by atoms with Crippen molar-refractivity contribution in [3.63, 3.8) is 0 Å². The van der Waals surface area contributed by atoms with Gasteiger partial charge in [0.1, 0.15) is 0 Å². The van der Waals surface area contributed by atoms with Crippen LogP contribution in [0, 0.1) is 11.3 Å². The lowest BCUT2D eigenvalue weighted by Crippen LogP contribution is -2.35. The van der Waals surface area contributed by atoms with E-state index in [0.29, 0.717) is 0 Å². The van der Waals surface area contributed by atoms with Gasteiger partial charge < -0.3 is 9.64 Å². The summed E-state index contributed by atoms with van der Waals surface area (Å²) in [5, 5.41) is 8.65. The van der Waals surface area contributed by atoms with E-state index >= 15 is 0 Å². The number of halogens is 3. The number of nitriles is 1. The Labute approximate surface area is 137 Å². The third-order valence-corrected chi connectivity index (χ3v) is 3.13. The van der Waals surface area contributed by atoms with Crippen LogP contribution in [0.5, 0.6) is 0 Å². The Kier molecular flexibility index (Phi) is 7.24.